The molecule has 2 heterocycles. The molecule has 112 valence electrons. The molecule has 1 aromatic carbocycles. The smallest absolute Gasteiger partial charge is 0.241 e. The Bertz CT molecular complexity index is 777. The second kappa shape index (κ2) is 5.47. The molecule has 9 heteroatoms. The summed E-state index contributed by atoms with van der Waals surface area (Å²) in [5, 5.41) is 4.05. The molecule has 1 aliphatic heterocycles. The van der Waals surface area contributed by atoms with Gasteiger partial charge in [0.1, 0.15) is 18.0 Å². The Morgan fingerprint density at radius 2 is 2.24 bits per heavy atom. The number of aromatic nitrogens is 3. The zero-order valence-corrected chi connectivity index (χ0v) is 13.2. The molecular weight excluding hydrogens is 363 g/mol. The highest BCUT2D eigenvalue weighted by Crippen LogP contribution is 2.26. The first-order valence-electron chi connectivity index (χ1n) is 6.32. The fraction of sp³-hybridized carbons (Fsp3) is 0.333. The molecule has 0 spiro atoms. The fourth-order valence-corrected chi connectivity index (χ4v) is 4.08. The lowest BCUT2D eigenvalue weighted by Gasteiger charge is -2.23. The van der Waals surface area contributed by atoms with E-state index in [-0.39, 0.29) is 9.37 Å². The van der Waals surface area contributed by atoms with Gasteiger partial charge in [0, 0.05) is 6.54 Å². The summed E-state index contributed by atoms with van der Waals surface area (Å²) in [6.45, 7) is 0.732. The maximum Gasteiger partial charge on any atom is 0.241 e. The summed E-state index contributed by atoms with van der Waals surface area (Å²) in [6.07, 6.45) is 2.88. The minimum atomic E-state index is -3.75. The van der Waals surface area contributed by atoms with E-state index in [1.54, 1.807) is 4.68 Å². The number of nitrogens with zero attached hydrogens (tertiary/aromatic N) is 3. The van der Waals surface area contributed by atoms with Gasteiger partial charge in [-0.3, -0.25) is 0 Å². The SMILES string of the molecule is O=S(=O)(N[C@@H]1CCCn2ncnc21)c1ccc(F)c(Br)c1. The van der Waals surface area contributed by atoms with Gasteiger partial charge in [0.05, 0.1) is 15.4 Å². The molecule has 0 aliphatic carbocycles. The van der Waals surface area contributed by atoms with Gasteiger partial charge in [0.2, 0.25) is 10.0 Å². The number of benzene rings is 1. The molecule has 0 fully saturated rings. The fourth-order valence-electron chi connectivity index (χ4n) is 2.30. The van der Waals surface area contributed by atoms with E-state index in [1.165, 1.54) is 18.5 Å². The van der Waals surface area contributed by atoms with Gasteiger partial charge < -0.3 is 0 Å². The summed E-state index contributed by atoms with van der Waals surface area (Å²) < 4.78 is 42.4. The first-order valence-corrected chi connectivity index (χ1v) is 8.60. The van der Waals surface area contributed by atoms with E-state index in [4.69, 9.17) is 0 Å². The Kier molecular flexibility index (Phi) is 3.80. The quantitative estimate of drug-likeness (QED) is 0.890. The molecule has 0 amide bonds. The van der Waals surface area contributed by atoms with Crippen LogP contribution in [0.15, 0.2) is 33.9 Å². The van der Waals surface area contributed by atoms with Crippen LogP contribution in [0.3, 0.4) is 0 Å². The average molecular weight is 375 g/mol. The largest absolute Gasteiger partial charge is 0.248 e. The number of nitrogens with one attached hydrogen (secondary N) is 1. The highest BCUT2D eigenvalue weighted by atomic mass is 79.9. The summed E-state index contributed by atoms with van der Waals surface area (Å²) in [4.78, 5) is 4.11. The Morgan fingerprint density at radius 1 is 1.43 bits per heavy atom. The van der Waals surface area contributed by atoms with Gasteiger partial charge in [0.15, 0.2) is 0 Å². The average Bonchev–Trinajstić information content (AvgIpc) is 2.91. The molecule has 6 nitrogen and oxygen atoms in total. The lowest BCUT2D eigenvalue weighted by atomic mass is 10.1. The molecule has 2 aromatic rings. The topological polar surface area (TPSA) is 76.9 Å². The first-order chi connectivity index (χ1) is 9.97. The zero-order chi connectivity index (χ0) is 15.0. The third-order valence-electron chi connectivity index (χ3n) is 3.32. The van der Waals surface area contributed by atoms with E-state index in [1.807, 2.05) is 0 Å². The molecule has 0 saturated carbocycles. The maximum absolute atomic E-state index is 13.2. The molecule has 0 radical (unpaired) electrons. The van der Waals surface area contributed by atoms with Crippen molar-refractivity contribution in [3.63, 3.8) is 0 Å². The third-order valence-corrected chi connectivity index (χ3v) is 5.40. The summed E-state index contributed by atoms with van der Waals surface area (Å²) in [5.41, 5.74) is 0. The van der Waals surface area contributed by atoms with Gasteiger partial charge in [0.25, 0.3) is 0 Å². The van der Waals surface area contributed by atoms with Crippen molar-refractivity contribution in [2.24, 2.45) is 0 Å². The van der Waals surface area contributed by atoms with Crippen LogP contribution < -0.4 is 4.72 Å². The highest BCUT2D eigenvalue weighted by molar-refractivity contribution is 9.10. The van der Waals surface area contributed by atoms with E-state index in [0.29, 0.717) is 12.2 Å². The molecule has 3 rings (SSSR count). The monoisotopic (exact) mass is 374 g/mol. The first kappa shape index (κ1) is 14.6. The number of aryl methyl sites for hydroxylation is 1. The van der Waals surface area contributed by atoms with E-state index in [0.717, 1.165) is 19.0 Å². The van der Waals surface area contributed by atoms with E-state index in [2.05, 4.69) is 30.7 Å². The van der Waals surface area contributed by atoms with Crippen LogP contribution in [0.1, 0.15) is 24.7 Å². The van der Waals surface area contributed by atoms with Crippen LogP contribution in [0.4, 0.5) is 4.39 Å². The van der Waals surface area contributed by atoms with Gasteiger partial charge >= 0.3 is 0 Å². The molecule has 0 unspecified atom stereocenters. The highest BCUT2D eigenvalue weighted by Gasteiger charge is 2.27. The van der Waals surface area contributed by atoms with Crippen molar-refractivity contribution in [3.8, 4) is 0 Å². The van der Waals surface area contributed by atoms with Gasteiger partial charge in [-0.25, -0.2) is 27.2 Å². The standard InChI is InChI=1S/C12H12BrFN4O2S/c13-9-6-8(3-4-10(9)14)21(19,20)17-11-2-1-5-18-12(11)15-7-16-18/h3-4,6-7,11,17H,1-2,5H2/t11-/m1/s1. The van der Waals surface area contributed by atoms with E-state index >= 15 is 0 Å². The molecule has 0 bridgehead atoms. The third kappa shape index (κ3) is 2.85. The Hall–Kier alpha value is -1.32. The second-order valence-corrected chi connectivity index (χ2v) is 7.30. The number of fused-ring (bicyclic) bond motifs is 1. The Morgan fingerprint density at radius 3 is 3.00 bits per heavy atom. The van der Waals surface area contributed by atoms with Crippen LogP contribution in [0.5, 0.6) is 0 Å². The summed E-state index contributed by atoms with van der Waals surface area (Å²) in [7, 11) is -3.75. The van der Waals surface area contributed by atoms with Crippen molar-refractivity contribution in [3.05, 3.63) is 40.6 Å². The lowest BCUT2D eigenvalue weighted by Crippen LogP contribution is -2.33. The molecule has 1 aliphatic rings. The Labute approximate surface area is 129 Å². The van der Waals surface area contributed by atoms with Crippen LogP contribution in [0, 0.1) is 5.82 Å². The summed E-state index contributed by atoms with van der Waals surface area (Å²) in [6, 6.07) is 3.17. The van der Waals surface area contributed by atoms with Crippen molar-refractivity contribution in [1.29, 1.82) is 0 Å². The van der Waals surface area contributed by atoms with Crippen LogP contribution >= 0.6 is 15.9 Å². The van der Waals surface area contributed by atoms with E-state index in [9.17, 15) is 12.8 Å². The van der Waals surface area contributed by atoms with Gasteiger partial charge in [-0.05, 0) is 47.0 Å². The van der Waals surface area contributed by atoms with Crippen molar-refractivity contribution in [1.82, 2.24) is 19.5 Å². The normalized spacial score (nSPS) is 18.5. The second-order valence-electron chi connectivity index (χ2n) is 4.73. The minimum Gasteiger partial charge on any atom is -0.248 e. The molecule has 21 heavy (non-hydrogen) atoms. The molecule has 1 N–H and O–H groups in total. The molecule has 0 saturated heterocycles. The molecule has 1 atom stereocenters. The molecular formula is C12H12BrFN4O2S. The van der Waals surface area contributed by atoms with Crippen LogP contribution in [0.2, 0.25) is 0 Å². The number of sulfonamides is 1. The predicted octanol–water partition coefficient (Wildman–Crippen LogP) is 1.99. The van der Waals surface area contributed by atoms with Crippen molar-refractivity contribution in [2.75, 3.05) is 0 Å². The number of hydrogen-bond donors (Lipinski definition) is 1. The van der Waals surface area contributed by atoms with Crippen LogP contribution in [-0.2, 0) is 16.6 Å². The van der Waals surface area contributed by atoms with Gasteiger partial charge in [-0.15, -0.1) is 0 Å². The van der Waals surface area contributed by atoms with Crippen molar-refractivity contribution in [2.45, 2.75) is 30.3 Å². The summed E-state index contributed by atoms with van der Waals surface area (Å²) in [5.74, 6) is 0.0948. The van der Waals surface area contributed by atoms with Crippen LogP contribution in [0.25, 0.3) is 0 Å². The minimum absolute atomic E-state index is 0.00686. The summed E-state index contributed by atoms with van der Waals surface area (Å²) >= 11 is 2.99. The maximum atomic E-state index is 13.2. The Balaban J connectivity index is 1.89. The van der Waals surface area contributed by atoms with E-state index < -0.39 is 21.9 Å². The lowest BCUT2D eigenvalue weighted by molar-refractivity contribution is 0.400. The van der Waals surface area contributed by atoms with Crippen molar-refractivity contribution < 1.29 is 12.8 Å². The number of rotatable bonds is 3. The zero-order valence-electron chi connectivity index (χ0n) is 10.8. The van der Waals surface area contributed by atoms with Crippen molar-refractivity contribution >= 4 is 26.0 Å². The molecule has 1 aromatic heterocycles. The van der Waals surface area contributed by atoms with Gasteiger partial charge in [-0.2, -0.15) is 5.10 Å². The number of hydrogen-bond acceptors (Lipinski definition) is 4. The number of halogens is 2. The predicted molar refractivity (Wildman–Crippen MR) is 76.4 cm³/mol. The van der Waals surface area contributed by atoms with Gasteiger partial charge in [-0.1, -0.05) is 0 Å². The van der Waals surface area contributed by atoms with Crippen LogP contribution in [-0.4, -0.2) is 23.2 Å².